The second kappa shape index (κ2) is 4.56. The number of hydrogen-bond acceptors (Lipinski definition) is 2. The van der Waals surface area contributed by atoms with E-state index in [2.05, 4.69) is 20.4 Å². The van der Waals surface area contributed by atoms with Crippen molar-refractivity contribution in [3.63, 3.8) is 0 Å². The Kier molecular flexibility index (Phi) is 3.05. The fourth-order valence-electron chi connectivity index (χ4n) is 6.57. The van der Waals surface area contributed by atoms with E-state index >= 15 is 0 Å². The second-order valence-electron chi connectivity index (χ2n) is 8.78. The molecule has 0 aromatic rings. The molecule has 2 heteroatoms. The van der Waals surface area contributed by atoms with E-state index < -0.39 is 0 Å². The van der Waals surface area contributed by atoms with Gasteiger partial charge in [0.25, 0.3) is 0 Å². The van der Waals surface area contributed by atoms with Crippen molar-refractivity contribution in [2.24, 2.45) is 28.6 Å². The molecule has 4 rings (SSSR count). The lowest BCUT2D eigenvalue weighted by Gasteiger charge is -2.57. The summed E-state index contributed by atoms with van der Waals surface area (Å²) in [4.78, 5) is 12.0. The van der Waals surface area contributed by atoms with Gasteiger partial charge in [0.2, 0.25) is 0 Å². The molecule has 22 heavy (non-hydrogen) atoms. The van der Waals surface area contributed by atoms with Crippen LogP contribution in [0.1, 0.15) is 58.8 Å². The maximum atomic E-state index is 12.0. The number of aliphatic hydroxyl groups excluding tert-OH is 1. The number of ketones is 1. The van der Waals surface area contributed by atoms with Gasteiger partial charge in [-0.25, -0.2) is 0 Å². The van der Waals surface area contributed by atoms with Crippen LogP contribution in [0.15, 0.2) is 23.8 Å². The second-order valence-corrected chi connectivity index (χ2v) is 8.78. The van der Waals surface area contributed by atoms with Gasteiger partial charge in [-0.2, -0.15) is 0 Å². The first kappa shape index (κ1) is 14.7. The van der Waals surface area contributed by atoms with Crippen LogP contribution >= 0.6 is 0 Å². The number of aliphatic hydroxyl groups is 1. The maximum Gasteiger partial charge on any atom is 0.181 e. The van der Waals surface area contributed by atoms with Gasteiger partial charge in [-0.15, -0.1) is 0 Å². The maximum absolute atomic E-state index is 12.0. The van der Waals surface area contributed by atoms with Gasteiger partial charge in [-0.05, 0) is 85.2 Å². The molecule has 4 aliphatic rings. The zero-order chi connectivity index (χ0) is 15.7. The molecule has 0 radical (unpaired) electrons. The van der Waals surface area contributed by atoms with Gasteiger partial charge in [0, 0.05) is 0 Å². The van der Waals surface area contributed by atoms with Gasteiger partial charge in [-0.3, -0.25) is 4.79 Å². The summed E-state index contributed by atoms with van der Waals surface area (Å²) < 4.78 is 0. The molecule has 0 aromatic carbocycles. The van der Waals surface area contributed by atoms with E-state index in [-0.39, 0.29) is 22.7 Å². The van der Waals surface area contributed by atoms with Gasteiger partial charge in [0.05, 0.1) is 6.10 Å². The third kappa shape index (κ3) is 1.73. The average Bonchev–Trinajstić information content (AvgIpc) is 2.77. The molecule has 0 aliphatic heterocycles. The minimum atomic E-state index is -0.105. The van der Waals surface area contributed by atoms with E-state index in [4.69, 9.17) is 0 Å². The number of carbonyl (C=O) groups is 1. The lowest BCUT2D eigenvalue weighted by molar-refractivity contribution is -0.113. The first-order valence-corrected chi connectivity index (χ1v) is 8.97. The molecule has 2 nitrogen and oxygen atoms in total. The van der Waals surface area contributed by atoms with Crippen molar-refractivity contribution in [3.8, 4) is 0 Å². The zero-order valence-electron chi connectivity index (χ0n) is 13.9. The summed E-state index contributed by atoms with van der Waals surface area (Å²) in [5.41, 5.74) is 2.46. The molecule has 0 bridgehead atoms. The van der Waals surface area contributed by atoms with Gasteiger partial charge in [-0.1, -0.05) is 26.0 Å². The SMILES string of the molecule is C=C1C[C@]2(C)C(=CC1=O)CC[C@H]1[C@H]2CC[C@@]2(C)[C@@H](O)CC[C@@H]12. The summed E-state index contributed by atoms with van der Waals surface area (Å²) in [5.74, 6) is 2.22. The third-order valence-electron chi connectivity index (χ3n) is 7.92. The van der Waals surface area contributed by atoms with Crippen molar-refractivity contribution < 1.29 is 9.90 Å². The molecular weight excluding hydrogens is 272 g/mol. The Bertz CT molecular complexity index is 574. The van der Waals surface area contributed by atoms with E-state index in [1.165, 1.54) is 24.8 Å². The van der Waals surface area contributed by atoms with E-state index in [0.29, 0.717) is 11.8 Å². The standard InChI is InChI=1S/C20H28O2/c1-12-11-20(3)13(10-17(12)21)4-5-14-15-6-7-18(22)19(15,2)9-8-16(14)20/h10,14-16,18,22H,1,4-9,11H2,2-3H3/t14-,15+,16-,18+,19-,20-/m1/s1. The first-order valence-electron chi connectivity index (χ1n) is 8.97. The summed E-state index contributed by atoms with van der Waals surface area (Å²) in [6.45, 7) is 8.73. The highest BCUT2D eigenvalue weighted by molar-refractivity contribution is 6.05. The highest BCUT2D eigenvalue weighted by Crippen LogP contribution is 2.65. The summed E-state index contributed by atoms with van der Waals surface area (Å²) in [6.07, 6.45) is 9.43. The van der Waals surface area contributed by atoms with Crippen molar-refractivity contribution in [2.45, 2.75) is 64.9 Å². The largest absolute Gasteiger partial charge is 0.393 e. The van der Waals surface area contributed by atoms with E-state index in [0.717, 1.165) is 37.2 Å². The Morgan fingerprint density at radius 2 is 1.95 bits per heavy atom. The highest BCUT2D eigenvalue weighted by Gasteiger charge is 2.58. The molecule has 1 N–H and O–H groups in total. The molecule has 3 fully saturated rings. The molecule has 4 aliphatic carbocycles. The Hall–Kier alpha value is -0.890. The fraction of sp³-hybridized carbons (Fsp3) is 0.750. The zero-order valence-corrected chi connectivity index (χ0v) is 13.9. The predicted octanol–water partition coefficient (Wildman–Crippen LogP) is 4.05. The lowest BCUT2D eigenvalue weighted by atomic mass is 9.47. The van der Waals surface area contributed by atoms with Crippen LogP contribution < -0.4 is 0 Å². The summed E-state index contributed by atoms with van der Waals surface area (Å²) >= 11 is 0. The van der Waals surface area contributed by atoms with Crippen molar-refractivity contribution in [1.29, 1.82) is 0 Å². The molecule has 0 spiro atoms. The molecule has 0 heterocycles. The van der Waals surface area contributed by atoms with Crippen LogP contribution in [0, 0.1) is 28.6 Å². The lowest BCUT2D eigenvalue weighted by Crippen LogP contribution is -2.51. The topological polar surface area (TPSA) is 37.3 Å². The van der Waals surface area contributed by atoms with Gasteiger partial charge < -0.3 is 5.11 Å². The molecule has 0 amide bonds. The molecule has 120 valence electrons. The first-order chi connectivity index (χ1) is 10.4. The monoisotopic (exact) mass is 300 g/mol. The van der Waals surface area contributed by atoms with Crippen molar-refractivity contribution in [1.82, 2.24) is 0 Å². The summed E-state index contributed by atoms with van der Waals surface area (Å²) in [6, 6.07) is 0. The Labute approximate surface area is 133 Å². The van der Waals surface area contributed by atoms with Crippen LogP contribution in [0.25, 0.3) is 0 Å². The fourth-order valence-corrected chi connectivity index (χ4v) is 6.57. The summed E-state index contributed by atoms with van der Waals surface area (Å²) in [5, 5.41) is 10.5. The Balaban J connectivity index is 1.71. The van der Waals surface area contributed by atoms with Crippen LogP contribution in [-0.2, 0) is 4.79 Å². The van der Waals surface area contributed by atoms with E-state index in [1.807, 2.05) is 6.08 Å². The minimum Gasteiger partial charge on any atom is -0.393 e. The average molecular weight is 300 g/mol. The highest BCUT2D eigenvalue weighted by atomic mass is 16.3. The molecule has 6 atom stereocenters. The van der Waals surface area contributed by atoms with Crippen LogP contribution in [0.3, 0.4) is 0 Å². The Morgan fingerprint density at radius 1 is 1.18 bits per heavy atom. The number of allylic oxidation sites excluding steroid dienone is 2. The van der Waals surface area contributed by atoms with Crippen molar-refractivity contribution in [2.75, 3.05) is 0 Å². The van der Waals surface area contributed by atoms with Crippen molar-refractivity contribution >= 4 is 5.78 Å². The van der Waals surface area contributed by atoms with E-state index in [9.17, 15) is 9.90 Å². The van der Waals surface area contributed by atoms with Crippen LogP contribution in [0.5, 0.6) is 0 Å². The smallest absolute Gasteiger partial charge is 0.181 e. The van der Waals surface area contributed by atoms with Gasteiger partial charge in [0.15, 0.2) is 5.78 Å². The van der Waals surface area contributed by atoms with Gasteiger partial charge in [0.1, 0.15) is 0 Å². The molecule has 0 unspecified atom stereocenters. The number of fused-ring (bicyclic) bond motifs is 5. The Morgan fingerprint density at radius 3 is 2.73 bits per heavy atom. The molecular formula is C20H28O2. The van der Waals surface area contributed by atoms with Crippen molar-refractivity contribution in [3.05, 3.63) is 23.8 Å². The molecule has 3 saturated carbocycles. The number of hydrogen-bond donors (Lipinski definition) is 1. The van der Waals surface area contributed by atoms with E-state index in [1.54, 1.807) is 0 Å². The van der Waals surface area contributed by atoms with Gasteiger partial charge >= 0.3 is 0 Å². The van der Waals surface area contributed by atoms with Crippen LogP contribution in [0.4, 0.5) is 0 Å². The number of rotatable bonds is 0. The third-order valence-corrected chi connectivity index (χ3v) is 7.92. The number of carbonyl (C=O) groups excluding carboxylic acids is 1. The minimum absolute atomic E-state index is 0.105. The predicted molar refractivity (Wildman–Crippen MR) is 87.2 cm³/mol. The van der Waals surface area contributed by atoms with Crippen LogP contribution in [0.2, 0.25) is 0 Å². The molecule has 0 aromatic heterocycles. The van der Waals surface area contributed by atoms with Crippen LogP contribution in [-0.4, -0.2) is 17.0 Å². The molecule has 0 saturated heterocycles. The normalized spacial score (nSPS) is 51.0. The quantitative estimate of drug-likeness (QED) is 0.685. The summed E-state index contributed by atoms with van der Waals surface area (Å²) in [7, 11) is 0.